The lowest BCUT2D eigenvalue weighted by Crippen LogP contribution is -2.51. The summed E-state index contributed by atoms with van der Waals surface area (Å²) in [6, 6.07) is 5.49. The summed E-state index contributed by atoms with van der Waals surface area (Å²) in [4.78, 5) is 11.9. The SMILES string of the molecule is COc1ccc(Cl)cc1CNCC(C)(C)NC(=O)OC(C)(C)C. The van der Waals surface area contributed by atoms with E-state index in [1.165, 1.54) is 0 Å². The first-order chi connectivity index (χ1) is 10.5. The Bertz CT molecular complexity index is 539. The second-order valence-electron chi connectivity index (χ2n) is 7.07. The van der Waals surface area contributed by atoms with Crippen molar-refractivity contribution in [3.63, 3.8) is 0 Å². The van der Waals surface area contributed by atoms with Gasteiger partial charge in [-0.25, -0.2) is 4.79 Å². The van der Waals surface area contributed by atoms with E-state index < -0.39 is 17.2 Å². The highest BCUT2D eigenvalue weighted by Crippen LogP contribution is 2.22. The van der Waals surface area contributed by atoms with Crippen molar-refractivity contribution >= 4 is 17.7 Å². The fourth-order valence-corrected chi connectivity index (χ4v) is 2.21. The predicted octanol–water partition coefficient (Wildman–Crippen LogP) is 3.74. The third kappa shape index (κ3) is 7.57. The minimum atomic E-state index is -0.512. The molecule has 0 aromatic heterocycles. The highest BCUT2D eigenvalue weighted by molar-refractivity contribution is 6.30. The van der Waals surface area contributed by atoms with Gasteiger partial charge in [0, 0.05) is 23.7 Å². The molecule has 2 N–H and O–H groups in total. The van der Waals surface area contributed by atoms with Gasteiger partial charge in [0.25, 0.3) is 0 Å². The Balaban J connectivity index is 2.54. The fourth-order valence-electron chi connectivity index (χ4n) is 2.02. The molecule has 23 heavy (non-hydrogen) atoms. The molecule has 1 rings (SSSR count). The van der Waals surface area contributed by atoms with Crippen LogP contribution >= 0.6 is 11.6 Å². The number of alkyl carbamates (subject to hydrolysis) is 1. The van der Waals surface area contributed by atoms with E-state index in [4.69, 9.17) is 21.1 Å². The first-order valence-electron chi connectivity index (χ1n) is 7.57. The molecule has 0 aliphatic heterocycles. The topological polar surface area (TPSA) is 59.6 Å². The smallest absolute Gasteiger partial charge is 0.408 e. The maximum Gasteiger partial charge on any atom is 0.408 e. The minimum Gasteiger partial charge on any atom is -0.496 e. The summed E-state index contributed by atoms with van der Waals surface area (Å²) >= 11 is 6.02. The molecule has 1 aromatic rings. The number of rotatable bonds is 6. The molecule has 0 aliphatic rings. The van der Waals surface area contributed by atoms with Crippen molar-refractivity contribution in [1.82, 2.24) is 10.6 Å². The summed E-state index contributed by atoms with van der Waals surface area (Å²) in [5.74, 6) is 0.778. The van der Waals surface area contributed by atoms with E-state index >= 15 is 0 Å². The number of benzene rings is 1. The van der Waals surface area contributed by atoms with E-state index in [2.05, 4.69) is 10.6 Å². The molecule has 0 unspecified atom stereocenters. The van der Waals surface area contributed by atoms with Crippen molar-refractivity contribution in [1.29, 1.82) is 0 Å². The van der Waals surface area contributed by atoms with Crippen LogP contribution in [0.2, 0.25) is 5.02 Å². The Hall–Kier alpha value is -1.46. The molecule has 1 aromatic carbocycles. The Morgan fingerprint density at radius 3 is 2.43 bits per heavy atom. The molecule has 0 heterocycles. The number of nitrogens with one attached hydrogen (secondary N) is 2. The molecule has 0 radical (unpaired) electrons. The van der Waals surface area contributed by atoms with E-state index in [0.29, 0.717) is 18.1 Å². The fraction of sp³-hybridized carbons (Fsp3) is 0.588. The average molecular weight is 343 g/mol. The number of ether oxygens (including phenoxy) is 2. The van der Waals surface area contributed by atoms with Gasteiger partial charge in [0.15, 0.2) is 0 Å². The zero-order valence-corrected chi connectivity index (χ0v) is 15.5. The lowest BCUT2D eigenvalue weighted by molar-refractivity contribution is 0.0472. The Morgan fingerprint density at radius 2 is 1.87 bits per heavy atom. The lowest BCUT2D eigenvalue weighted by atomic mass is 10.1. The molecular formula is C17H27ClN2O3. The summed E-state index contributed by atoms with van der Waals surface area (Å²) in [5, 5.41) is 6.82. The van der Waals surface area contributed by atoms with Gasteiger partial charge < -0.3 is 20.1 Å². The van der Waals surface area contributed by atoms with Gasteiger partial charge in [-0.05, 0) is 52.8 Å². The molecule has 0 aliphatic carbocycles. The number of hydrogen-bond acceptors (Lipinski definition) is 4. The lowest BCUT2D eigenvalue weighted by Gasteiger charge is -2.29. The van der Waals surface area contributed by atoms with Gasteiger partial charge in [0.1, 0.15) is 11.4 Å². The van der Waals surface area contributed by atoms with Crippen LogP contribution in [0.15, 0.2) is 18.2 Å². The third-order valence-corrected chi connectivity index (χ3v) is 3.20. The van der Waals surface area contributed by atoms with E-state index in [-0.39, 0.29) is 0 Å². The van der Waals surface area contributed by atoms with E-state index in [1.54, 1.807) is 13.2 Å². The molecule has 130 valence electrons. The number of hydrogen-bond donors (Lipinski definition) is 2. The number of methoxy groups -OCH3 is 1. The highest BCUT2D eigenvalue weighted by Gasteiger charge is 2.24. The zero-order chi connectivity index (χ0) is 17.7. The molecule has 0 bridgehead atoms. The van der Waals surface area contributed by atoms with Crippen LogP contribution in [0.1, 0.15) is 40.2 Å². The van der Waals surface area contributed by atoms with Gasteiger partial charge in [-0.3, -0.25) is 0 Å². The number of carbonyl (C=O) groups is 1. The molecule has 0 fully saturated rings. The first-order valence-corrected chi connectivity index (χ1v) is 7.94. The van der Waals surface area contributed by atoms with Gasteiger partial charge in [-0.1, -0.05) is 11.6 Å². The number of halogens is 1. The van der Waals surface area contributed by atoms with Crippen molar-refractivity contribution < 1.29 is 14.3 Å². The summed E-state index contributed by atoms with van der Waals surface area (Å²) in [5.41, 5.74) is 0.00339. The maximum absolute atomic E-state index is 11.9. The number of amides is 1. The van der Waals surface area contributed by atoms with Crippen molar-refractivity contribution in [2.45, 2.75) is 52.3 Å². The van der Waals surface area contributed by atoms with Gasteiger partial charge in [-0.2, -0.15) is 0 Å². The van der Waals surface area contributed by atoms with Gasteiger partial charge >= 0.3 is 6.09 Å². The summed E-state index contributed by atoms with van der Waals surface area (Å²) in [7, 11) is 1.63. The van der Waals surface area contributed by atoms with Crippen LogP contribution < -0.4 is 15.4 Å². The van der Waals surface area contributed by atoms with Crippen LogP contribution in [0.4, 0.5) is 4.79 Å². The molecule has 5 nitrogen and oxygen atoms in total. The van der Waals surface area contributed by atoms with Crippen molar-refractivity contribution in [3.8, 4) is 5.75 Å². The zero-order valence-electron chi connectivity index (χ0n) is 14.7. The average Bonchev–Trinajstić information content (AvgIpc) is 2.35. The largest absolute Gasteiger partial charge is 0.496 e. The standard InChI is InChI=1S/C17H27ClN2O3/c1-16(2,3)23-15(21)20-17(4,5)11-19-10-12-9-13(18)7-8-14(12)22-6/h7-9,19H,10-11H2,1-6H3,(H,20,21). The Kier molecular flexibility index (Phi) is 6.71. The van der Waals surface area contributed by atoms with Crippen LogP contribution in [0.5, 0.6) is 5.75 Å². The van der Waals surface area contributed by atoms with E-state index in [0.717, 1.165) is 11.3 Å². The van der Waals surface area contributed by atoms with E-state index in [1.807, 2.05) is 46.8 Å². The maximum atomic E-state index is 11.9. The van der Waals surface area contributed by atoms with Gasteiger partial charge in [0.2, 0.25) is 0 Å². The first kappa shape index (κ1) is 19.6. The quantitative estimate of drug-likeness (QED) is 0.826. The van der Waals surface area contributed by atoms with Crippen LogP contribution in [0, 0.1) is 0 Å². The molecular weight excluding hydrogens is 316 g/mol. The van der Waals surface area contributed by atoms with Crippen molar-refractivity contribution in [2.75, 3.05) is 13.7 Å². The molecule has 1 amide bonds. The second-order valence-corrected chi connectivity index (χ2v) is 7.51. The van der Waals surface area contributed by atoms with Crippen LogP contribution in [-0.2, 0) is 11.3 Å². The molecule has 0 spiro atoms. The molecule has 0 saturated carbocycles. The molecule has 6 heteroatoms. The summed E-state index contributed by atoms with van der Waals surface area (Å²) in [6.45, 7) is 10.5. The van der Waals surface area contributed by atoms with Crippen LogP contribution in [0.25, 0.3) is 0 Å². The van der Waals surface area contributed by atoms with E-state index in [9.17, 15) is 4.79 Å². The summed E-state index contributed by atoms with van der Waals surface area (Å²) < 4.78 is 10.6. The van der Waals surface area contributed by atoms with Gasteiger partial charge in [-0.15, -0.1) is 0 Å². The van der Waals surface area contributed by atoms with Crippen molar-refractivity contribution in [2.24, 2.45) is 0 Å². The minimum absolute atomic E-state index is 0.426. The van der Waals surface area contributed by atoms with Gasteiger partial charge in [0.05, 0.1) is 12.6 Å². The molecule has 0 saturated heterocycles. The monoisotopic (exact) mass is 342 g/mol. The normalized spacial score (nSPS) is 12.0. The van der Waals surface area contributed by atoms with Crippen LogP contribution in [0.3, 0.4) is 0 Å². The molecule has 0 atom stereocenters. The van der Waals surface area contributed by atoms with Crippen LogP contribution in [-0.4, -0.2) is 30.9 Å². The summed E-state index contributed by atoms with van der Waals surface area (Å²) in [6.07, 6.45) is -0.426. The predicted molar refractivity (Wildman–Crippen MR) is 93.2 cm³/mol. The second kappa shape index (κ2) is 7.88. The number of carbonyl (C=O) groups excluding carboxylic acids is 1. The third-order valence-electron chi connectivity index (χ3n) is 2.96. The highest BCUT2D eigenvalue weighted by atomic mass is 35.5. The Morgan fingerprint density at radius 1 is 1.22 bits per heavy atom. The Labute approximate surface area is 143 Å². The van der Waals surface area contributed by atoms with Crippen molar-refractivity contribution in [3.05, 3.63) is 28.8 Å².